The Morgan fingerprint density at radius 1 is 1.00 bits per heavy atom. The molecular formula is C15H19NO2S. The van der Waals surface area contributed by atoms with E-state index in [1.807, 2.05) is 49.4 Å². The molecule has 102 valence electrons. The third-order valence-electron chi connectivity index (χ3n) is 3.03. The average Bonchev–Trinajstić information content (AvgIpc) is 2.39. The second-order valence-electron chi connectivity index (χ2n) is 4.61. The molecule has 1 N–H and O–H groups in total. The van der Waals surface area contributed by atoms with Gasteiger partial charge in [-0.2, -0.15) is 0 Å². The first-order chi connectivity index (χ1) is 9.12. The van der Waals surface area contributed by atoms with Crippen molar-refractivity contribution in [2.45, 2.75) is 13.3 Å². The molecule has 0 bridgehead atoms. The summed E-state index contributed by atoms with van der Waals surface area (Å²) in [7, 11) is -2.92. The number of fused-ring (bicyclic) bond motifs is 1. The maximum atomic E-state index is 11.6. The van der Waals surface area contributed by atoms with Crippen LogP contribution in [0.2, 0.25) is 0 Å². The smallest absolute Gasteiger partial charge is 0.152 e. The Labute approximate surface area is 114 Å². The summed E-state index contributed by atoms with van der Waals surface area (Å²) in [6, 6.07) is 14.1. The molecule has 0 spiro atoms. The fourth-order valence-corrected chi connectivity index (χ4v) is 3.37. The normalized spacial score (nSPS) is 11.6. The molecule has 0 heterocycles. The van der Waals surface area contributed by atoms with Crippen molar-refractivity contribution >= 4 is 26.3 Å². The lowest BCUT2D eigenvalue weighted by Gasteiger charge is -2.10. The highest BCUT2D eigenvalue weighted by atomic mass is 32.2. The third-order valence-corrected chi connectivity index (χ3v) is 4.89. The van der Waals surface area contributed by atoms with Crippen LogP contribution in [0.15, 0.2) is 42.5 Å². The minimum Gasteiger partial charge on any atom is -0.384 e. The molecule has 4 heteroatoms. The number of benzene rings is 2. The van der Waals surface area contributed by atoms with Gasteiger partial charge in [-0.05, 0) is 17.9 Å². The van der Waals surface area contributed by atoms with Crippen LogP contribution in [0.5, 0.6) is 0 Å². The molecule has 0 radical (unpaired) electrons. The van der Waals surface area contributed by atoms with Crippen molar-refractivity contribution in [2.75, 3.05) is 23.4 Å². The van der Waals surface area contributed by atoms with Crippen LogP contribution in [-0.2, 0) is 9.84 Å². The summed E-state index contributed by atoms with van der Waals surface area (Å²) in [5.41, 5.74) is 0.991. The first kappa shape index (κ1) is 13.9. The SMILES string of the molecule is CCCS(=O)(=O)CCNc1cccc2ccccc12. The van der Waals surface area contributed by atoms with Gasteiger partial charge in [0, 0.05) is 23.4 Å². The molecule has 0 saturated heterocycles. The molecule has 19 heavy (non-hydrogen) atoms. The lowest BCUT2D eigenvalue weighted by molar-refractivity contribution is 0.595. The van der Waals surface area contributed by atoms with Crippen LogP contribution in [0.3, 0.4) is 0 Å². The Bertz CT molecular complexity index is 645. The zero-order valence-electron chi connectivity index (χ0n) is 11.1. The van der Waals surface area contributed by atoms with Crippen molar-refractivity contribution in [2.24, 2.45) is 0 Å². The Morgan fingerprint density at radius 3 is 2.53 bits per heavy atom. The largest absolute Gasteiger partial charge is 0.384 e. The summed E-state index contributed by atoms with van der Waals surface area (Å²) in [5, 5.41) is 5.50. The first-order valence-corrected chi connectivity index (χ1v) is 8.36. The molecule has 2 aromatic carbocycles. The molecule has 2 rings (SSSR count). The molecule has 3 nitrogen and oxygen atoms in total. The van der Waals surface area contributed by atoms with Crippen molar-refractivity contribution in [1.29, 1.82) is 0 Å². The van der Waals surface area contributed by atoms with Gasteiger partial charge < -0.3 is 5.32 Å². The number of hydrogen-bond acceptors (Lipinski definition) is 3. The molecular weight excluding hydrogens is 258 g/mol. The van der Waals surface area contributed by atoms with Gasteiger partial charge in [0.15, 0.2) is 9.84 Å². The van der Waals surface area contributed by atoms with E-state index in [2.05, 4.69) is 5.32 Å². The number of rotatable bonds is 6. The highest BCUT2D eigenvalue weighted by molar-refractivity contribution is 7.91. The molecule has 0 aliphatic rings. The summed E-state index contributed by atoms with van der Waals surface area (Å²) in [6.07, 6.45) is 0.677. The molecule has 0 saturated carbocycles. The maximum absolute atomic E-state index is 11.6. The Kier molecular flexibility index (Phi) is 4.43. The van der Waals surface area contributed by atoms with Crippen LogP contribution >= 0.6 is 0 Å². The first-order valence-electron chi connectivity index (χ1n) is 6.54. The minimum absolute atomic E-state index is 0.185. The number of hydrogen-bond donors (Lipinski definition) is 1. The van der Waals surface area contributed by atoms with Gasteiger partial charge in [-0.15, -0.1) is 0 Å². The van der Waals surface area contributed by atoms with Gasteiger partial charge in [0.05, 0.1) is 5.75 Å². The second kappa shape index (κ2) is 6.06. The molecule has 0 atom stereocenters. The zero-order chi connectivity index (χ0) is 13.7. The Hall–Kier alpha value is -1.55. The molecule has 2 aromatic rings. The minimum atomic E-state index is -2.92. The standard InChI is InChI=1S/C15H19NO2S/c1-2-11-19(17,18)12-10-16-15-9-5-7-13-6-3-4-8-14(13)15/h3-9,16H,2,10-12H2,1H3. The quantitative estimate of drug-likeness (QED) is 0.882. The van der Waals surface area contributed by atoms with E-state index in [0.29, 0.717) is 13.0 Å². The zero-order valence-corrected chi connectivity index (χ0v) is 11.9. The number of sulfone groups is 1. The van der Waals surface area contributed by atoms with E-state index in [1.165, 1.54) is 0 Å². The Balaban J connectivity index is 2.06. The van der Waals surface area contributed by atoms with Crippen molar-refractivity contribution in [3.8, 4) is 0 Å². The lowest BCUT2D eigenvalue weighted by atomic mass is 10.1. The summed E-state index contributed by atoms with van der Waals surface area (Å²) < 4.78 is 23.3. The van der Waals surface area contributed by atoms with E-state index >= 15 is 0 Å². The van der Waals surface area contributed by atoms with Crippen molar-refractivity contribution in [1.82, 2.24) is 0 Å². The van der Waals surface area contributed by atoms with Gasteiger partial charge in [-0.1, -0.05) is 43.3 Å². The predicted molar refractivity (Wildman–Crippen MR) is 81.4 cm³/mol. The van der Waals surface area contributed by atoms with E-state index in [1.54, 1.807) is 0 Å². The lowest BCUT2D eigenvalue weighted by Crippen LogP contribution is -2.18. The van der Waals surface area contributed by atoms with Gasteiger partial charge in [0.25, 0.3) is 0 Å². The van der Waals surface area contributed by atoms with Crippen molar-refractivity contribution in [3.63, 3.8) is 0 Å². The van der Waals surface area contributed by atoms with Gasteiger partial charge >= 0.3 is 0 Å². The highest BCUT2D eigenvalue weighted by Crippen LogP contribution is 2.22. The molecule has 0 aromatic heterocycles. The predicted octanol–water partition coefficient (Wildman–Crippen LogP) is 3.08. The topological polar surface area (TPSA) is 46.2 Å². The summed E-state index contributed by atoms with van der Waals surface area (Å²) in [4.78, 5) is 0. The molecule has 0 unspecified atom stereocenters. The van der Waals surface area contributed by atoms with E-state index in [9.17, 15) is 8.42 Å². The van der Waals surface area contributed by atoms with E-state index in [0.717, 1.165) is 16.5 Å². The molecule has 0 aliphatic carbocycles. The Morgan fingerprint density at radius 2 is 1.74 bits per heavy atom. The van der Waals surface area contributed by atoms with Gasteiger partial charge in [-0.25, -0.2) is 8.42 Å². The van der Waals surface area contributed by atoms with Gasteiger partial charge in [0.2, 0.25) is 0 Å². The summed E-state index contributed by atoms with van der Waals surface area (Å²) in [6.45, 7) is 2.34. The second-order valence-corrected chi connectivity index (χ2v) is 6.91. The van der Waals surface area contributed by atoms with E-state index in [4.69, 9.17) is 0 Å². The summed E-state index contributed by atoms with van der Waals surface area (Å²) >= 11 is 0. The fraction of sp³-hybridized carbons (Fsp3) is 0.333. The number of nitrogens with one attached hydrogen (secondary N) is 1. The maximum Gasteiger partial charge on any atom is 0.152 e. The fourth-order valence-electron chi connectivity index (χ4n) is 2.13. The van der Waals surface area contributed by atoms with E-state index in [-0.39, 0.29) is 11.5 Å². The van der Waals surface area contributed by atoms with Crippen LogP contribution < -0.4 is 5.32 Å². The van der Waals surface area contributed by atoms with Crippen LogP contribution in [0, 0.1) is 0 Å². The third kappa shape index (κ3) is 3.70. The van der Waals surface area contributed by atoms with Crippen LogP contribution in [0.4, 0.5) is 5.69 Å². The molecule has 0 aliphatic heterocycles. The monoisotopic (exact) mass is 277 g/mol. The highest BCUT2D eigenvalue weighted by Gasteiger charge is 2.08. The van der Waals surface area contributed by atoms with Crippen molar-refractivity contribution < 1.29 is 8.42 Å². The number of anilines is 1. The van der Waals surface area contributed by atoms with Crippen LogP contribution in [0.1, 0.15) is 13.3 Å². The van der Waals surface area contributed by atoms with E-state index < -0.39 is 9.84 Å². The summed E-state index contributed by atoms with van der Waals surface area (Å²) in [5.74, 6) is 0.453. The average molecular weight is 277 g/mol. The molecule has 0 amide bonds. The van der Waals surface area contributed by atoms with Gasteiger partial charge in [-0.3, -0.25) is 0 Å². The molecule has 0 fully saturated rings. The van der Waals surface area contributed by atoms with Crippen molar-refractivity contribution in [3.05, 3.63) is 42.5 Å². The van der Waals surface area contributed by atoms with Crippen LogP contribution in [0.25, 0.3) is 10.8 Å². The van der Waals surface area contributed by atoms with Gasteiger partial charge in [0.1, 0.15) is 0 Å². The van der Waals surface area contributed by atoms with Crippen LogP contribution in [-0.4, -0.2) is 26.5 Å².